The Labute approximate surface area is 190 Å². The molecule has 1 aliphatic heterocycles. The highest BCUT2D eigenvalue weighted by atomic mass is 32.1. The largest absolute Gasteiger partial charge is 0.481 e. The number of ether oxygens (including phenoxy) is 1. The average molecular weight is 461 g/mol. The summed E-state index contributed by atoms with van der Waals surface area (Å²) >= 11 is 1.68. The summed E-state index contributed by atoms with van der Waals surface area (Å²) in [5, 5.41) is 19.4. The number of hydrogen-bond donors (Lipinski definition) is 3. The molecule has 0 spiro atoms. The fourth-order valence-corrected chi connectivity index (χ4v) is 3.84. The summed E-state index contributed by atoms with van der Waals surface area (Å²) in [6, 6.07) is 10.7. The van der Waals surface area contributed by atoms with Crippen LogP contribution in [0.5, 0.6) is 0 Å². The highest BCUT2D eigenvalue weighted by Crippen LogP contribution is 2.31. The molecule has 3 heterocycles. The number of carboxylic acids is 2. The van der Waals surface area contributed by atoms with Crippen LogP contribution in [0.25, 0.3) is 21.3 Å². The normalized spacial score (nSPS) is 15.0. The topological polar surface area (TPSA) is 127 Å². The molecule has 2 aromatic heterocycles. The number of carboxylic acid groups (broad SMARTS) is 2. The van der Waals surface area contributed by atoms with Crippen LogP contribution < -0.4 is 5.32 Å². The van der Waals surface area contributed by atoms with Crippen molar-refractivity contribution in [2.45, 2.75) is 32.9 Å². The standard InChI is InChI=1S/C18H20N4OS.2C2H4O2/c1-2-4-14(5-3-1)18-21-12-16(24-18)17-20-7-10-22(17)9-6-15-13-23-11-8-19-15;2*1-2(3)4/h1-5,7,10,12,15,19H,6,8-9,11,13H2;2*1H3,(H,3,4). The Morgan fingerprint density at radius 2 is 1.88 bits per heavy atom. The quantitative estimate of drug-likeness (QED) is 0.530. The van der Waals surface area contributed by atoms with Crippen LogP contribution in [-0.2, 0) is 20.9 Å². The van der Waals surface area contributed by atoms with Crippen LogP contribution in [0.4, 0.5) is 0 Å². The van der Waals surface area contributed by atoms with E-state index in [-0.39, 0.29) is 0 Å². The molecule has 1 aliphatic rings. The third-order valence-electron chi connectivity index (χ3n) is 4.18. The number of thiazole rings is 1. The minimum absolute atomic E-state index is 0.426. The van der Waals surface area contributed by atoms with Gasteiger partial charge in [0.1, 0.15) is 5.01 Å². The Balaban J connectivity index is 0.000000395. The molecule has 3 aromatic rings. The molecule has 0 bridgehead atoms. The molecule has 0 aliphatic carbocycles. The van der Waals surface area contributed by atoms with Crippen molar-refractivity contribution in [2.24, 2.45) is 0 Å². The molecule has 1 saturated heterocycles. The number of aryl methyl sites for hydroxylation is 1. The number of morpholine rings is 1. The first kappa shape index (κ1) is 25.2. The summed E-state index contributed by atoms with van der Waals surface area (Å²) in [7, 11) is 0. The number of rotatable bonds is 5. The summed E-state index contributed by atoms with van der Waals surface area (Å²) in [5.41, 5.74) is 1.15. The van der Waals surface area contributed by atoms with Gasteiger partial charge in [0.25, 0.3) is 11.9 Å². The van der Waals surface area contributed by atoms with E-state index in [1.807, 2.05) is 36.8 Å². The van der Waals surface area contributed by atoms with Crippen LogP contribution in [0.1, 0.15) is 20.3 Å². The molecule has 0 radical (unpaired) electrons. The second-order valence-corrected chi connectivity index (χ2v) is 7.92. The Hall–Kier alpha value is -3.08. The Morgan fingerprint density at radius 3 is 2.50 bits per heavy atom. The maximum atomic E-state index is 9.00. The summed E-state index contributed by atoms with van der Waals surface area (Å²) in [6.45, 7) is 5.64. The summed E-state index contributed by atoms with van der Waals surface area (Å²) in [4.78, 5) is 28.2. The molecule has 10 heteroatoms. The second kappa shape index (κ2) is 13.4. The predicted molar refractivity (Wildman–Crippen MR) is 123 cm³/mol. The molecule has 9 nitrogen and oxygen atoms in total. The number of hydrogen-bond acceptors (Lipinski definition) is 7. The van der Waals surface area contributed by atoms with E-state index in [0.717, 1.165) is 67.8 Å². The first-order valence-electron chi connectivity index (χ1n) is 10.1. The first-order chi connectivity index (χ1) is 15.4. The van der Waals surface area contributed by atoms with Gasteiger partial charge < -0.3 is 24.8 Å². The molecule has 32 heavy (non-hydrogen) atoms. The highest BCUT2D eigenvalue weighted by molar-refractivity contribution is 7.18. The molecule has 1 atom stereocenters. The number of aromatic nitrogens is 3. The third kappa shape index (κ3) is 8.96. The number of aliphatic carboxylic acids is 2. The van der Waals surface area contributed by atoms with E-state index in [2.05, 4.69) is 32.0 Å². The SMILES string of the molecule is CC(=O)O.CC(=O)O.c1ccc(-c2ncc(-c3nccn3CCC3COCCN3)s2)cc1. The molecule has 0 amide bonds. The van der Waals surface area contributed by atoms with Crippen molar-refractivity contribution in [3.63, 3.8) is 0 Å². The summed E-state index contributed by atoms with van der Waals surface area (Å²) in [5.74, 6) is -0.675. The van der Waals surface area contributed by atoms with Gasteiger partial charge in [-0.3, -0.25) is 9.59 Å². The van der Waals surface area contributed by atoms with E-state index in [1.54, 1.807) is 11.3 Å². The van der Waals surface area contributed by atoms with Crippen LogP contribution in [-0.4, -0.2) is 62.5 Å². The average Bonchev–Trinajstić information content (AvgIpc) is 3.42. The molecule has 172 valence electrons. The minimum Gasteiger partial charge on any atom is -0.481 e. The van der Waals surface area contributed by atoms with Crippen molar-refractivity contribution in [3.8, 4) is 21.3 Å². The van der Waals surface area contributed by atoms with Crippen LogP contribution in [0, 0.1) is 0 Å². The fraction of sp³-hybridized carbons (Fsp3) is 0.364. The summed E-state index contributed by atoms with van der Waals surface area (Å²) < 4.78 is 7.73. The molecule has 3 N–H and O–H groups in total. The number of benzene rings is 1. The molecule has 1 aromatic carbocycles. The van der Waals surface area contributed by atoms with Gasteiger partial charge in [-0.2, -0.15) is 0 Å². The zero-order chi connectivity index (χ0) is 23.3. The van der Waals surface area contributed by atoms with E-state index < -0.39 is 11.9 Å². The van der Waals surface area contributed by atoms with Crippen LogP contribution >= 0.6 is 11.3 Å². The van der Waals surface area contributed by atoms with Gasteiger partial charge in [0.05, 0.1) is 18.1 Å². The van der Waals surface area contributed by atoms with E-state index in [4.69, 9.17) is 24.5 Å². The molecule has 1 unspecified atom stereocenters. The van der Waals surface area contributed by atoms with Crippen molar-refractivity contribution in [2.75, 3.05) is 19.8 Å². The van der Waals surface area contributed by atoms with E-state index in [1.165, 1.54) is 0 Å². The molecule has 0 saturated carbocycles. The number of imidazole rings is 1. The fourth-order valence-electron chi connectivity index (χ4n) is 2.91. The Kier molecular flexibility index (Phi) is 10.5. The lowest BCUT2D eigenvalue weighted by Gasteiger charge is -2.24. The Bertz CT molecular complexity index is 948. The lowest BCUT2D eigenvalue weighted by Crippen LogP contribution is -2.41. The van der Waals surface area contributed by atoms with Crippen molar-refractivity contribution in [3.05, 3.63) is 48.9 Å². The van der Waals surface area contributed by atoms with Gasteiger partial charge in [-0.1, -0.05) is 30.3 Å². The lowest BCUT2D eigenvalue weighted by molar-refractivity contribution is -0.135. The molecule has 1 fully saturated rings. The van der Waals surface area contributed by atoms with Gasteiger partial charge in [-0.25, -0.2) is 9.97 Å². The van der Waals surface area contributed by atoms with Gasteiger partial charge in [0.2, 0.25) is 0 Å². The lowest BCUT2D eigenvalue weighted by atomic mass is 10.2. The summed E-state index contributed by atoms with van der Waals surface area (Å²) in [6.07, 6.45) is 6.87. The van der Waals surface area contributed by atoms with E-state index >= 15 is 0 Å². The zero-order valence-corrected chi connectivity index (χ0v) is 18.9. The van der Waals surface area contributed by atoms with Gasteiger partial charge in [-0.05, 0) is 6.42 Å². The number of nitrogens with one attached hydrogen (secondary N) is 1. The molecular formula is C22H28N4O5S. The molecular weight excluding hydrogens is 432 g/mol. The third-order valence-corrected chi connectivity index (χ3v) is 5.22. The highest BCUT2D eigenvalue weighted by Gasteiger charge is 2.15. The van der Waals surface area contributed by atoms with Crippen LogP contribution in [0.2, 0.25) is 0 Å². The van der Waals surface area contributed by atoms with Crippen LogP contribution in [0.3, 0.4) is 0 Å². The number of carbonyl (C=O) groups is 2. The van der Waals surface area contributed by atoms with Gasteiger partial charge in [-0.15, -0.1) is 11.3 Å². The van der Waals surface area contributed by atoms with Crippen molar-refractivity contribution in [1.82, 2.24) is 19.9 Å². The Morgan fingerprint density at radius 1 is 1.19 bits per heavy atom. The predicted octanol–water partition coefficient (Wildman–Crippen LogP) is 3.23. The first-order valence-corrected chi connectivity index (χ1v) is 10.9. The van der Waals surface area contributed by atoms with E-state index in [0.29, 0.717) is 6.04 Å². The zero-order valence-electron chi connectivity index (χ0n) is 18.1. The monoisotopic (exact) mass is 460 g/mol. The van der Waals surface area contributed by atoms with Crippen molar-refractivity contribution >= 4 is 23.3 Å². The van der Waals surface area contributed by atoms with Gasteiger partial charge in [0.15, 0.2) is 5.82 Å². The van der Waals surface area contributed by atoms with Crippen molar-refractivity contribution in [1.29, 1.82) is 0 Å². The van der Waals surface area contributed by atoms with E-state index in [9.17, 15) is 0 Å². The van der Waals surface area contributed by atoms with Gasteiger partial charge >= 0.3 is 0 Å². The maximum absolute atomic E-state index is 9.00. The van der Waals surface area contributed by atoms with Crippen molar-refractivity contribution < 1.29 is 24.5 Å². The van der Waals surface area contributed by atoms with Gasteiger partial charge in [0, 0.05) is 57.1 Å². The maximum Gasteiger partial charge on any atom is 0.300 e. The van der Waals surface area contributed by atoms with Crippen LogP contribution in [0.15, 0.2) is 48.9 Å². The minimum atomic E-state index is -0.833. The molecule has 4 rings (SSSR count). The smallest absolute Gasteiger partial charge is 0.300 e. The second-order valence-electron chi connectivity index (χ2n) is 6.89. The number of nitrogens with zero attached hydrogens (tertiary/aromatic N) is 3.